The maximum Gasteiger partial charge on any atom is 0.223 e. The Labute approximate surface area is 103 Å². The molecule has 0 aromatic carbocycles. The molecule has 4 nitrogen and oxygen atoms in total. The van der Waals surface area contributed by atoms with E-state index in [9.17, 15) is 9.90 Å². The molecule has 2 saturated carbocycles. The second-order valence-corrected chi connectivity index (χ2v) is 5.61. The van der Waals surface area contributed by atoms with E-state index in [1.165, 1.54) is 6.42 Å². The number of hydrogen-bond acceptors (Lipinski definition) is 3. The Bertz CT molecular complexity index is 270. The van der Waals surface area contributed by atoms with Crippen LogP contribution in [0.5, 0.6) is 0 Å². The lowest BCUT2D eigenvalue weighted by Crippen LogP contribution is -2.45. The summed E-state index contributed by atoms with van der Waals surface area (Å²) in [5.74, 6) is 0.511. The van der Waals surface area contributed by atoms with E-state index in [4.69, 9.17) is 5.73 Å². The fourth-order valence-electron chi connectivity index (χ4n) is 3.17. The Balaban J connectivity index is 1.84. The van der Waals surface area contributed by atoms with Gasteiger partial charge in [-0.15, -0.1) is 0 Å². The highest BCUT2D eigenvalue weighted by atomic mass is 16.3. The van der Waals surface area contributed by atoms with Crippen LogP contribution in [0, 0.1) is 11.8 Å². The summed E-state index contributed by atoms with van der Waals surface area (Å²) in [7, 11) is 0. The highest BCUT2D eigenvalue weighted by Gasteiger charge is 2.31. The molecular formula is C13H24N2O2. The number of amides is 1. The Morgan fingerprint density at radius 1 is 1.24 bits per heavy atom. The predicted octanol–water partition coefficient (Wildman–Crippen LogP) is 0.781. The Hall–Kier alpha value is -0.610. The molecule has 17 heavy (non-hydrogen) atoms. The van der Waals surface area contributed by atoms with Crippen molar-refractivity contribution in [1.82, 2.24) is 5.32 Å². The van der Waals surface area contributed by atoms with Crippen LogP contribution in [-0.2, 0) is 4.79 Å². The predicted molar refractivity (Wildman–Crippen MR) is 66.3 cm³/mol. The van der Waals surface area contributed by atoms with Gasteiger partial charge in [0, 0.05) is 30.5 Å². The fourth-order valence-corrected chi connectivity index (χ4v) is 3.17. The molecule has 0 saturated heterocycles. The minimum absolute atomic E-state index is 0.103. The zero-order valence-electron chi connectivity index (χ0n) is 10.4. The SMILES string of the molecule is NC1CCC(C(=O)NC2CCCCC2CO)C1. The molecule has 4 heteroatoms. The molecule has 0 radical (unpaired) electrons. The fraction of sp³-hybridized carbons (Fsp3) is 0.923. The van der Waals surface area contributed by atoms with Gasteiger partial charge in [0.25, 0.3) is 0 Å². The number of nitrogens with two attached hydrogens (primary N) is 1. The highest BCUT2D eigenvalue weighted by Crippen LogP contribution is 2.27. The summed E-state index contributed by atoms with van der Waals surface area (Å²) in [5, 5.41) is 12.4. The molecule has 0 aromatic rings. The lowest BCUT2D eigenvalue weighted by molar-refractivity contribution is -0.126. The molecular weight excluding hydrogens is 216 g/mol. The molecule has 4 atom stereocenters. The zero-order valence-corrected chi connectivity index (χ0v) is 10.4. The van der Waals surface area contributed by atoms with Crippen LogP contribution < -0.4 is 11.1 Å². The van der Waals surface area contributed by atoms with Crippen LogP contribution in [-0.4, -0.2) is 29.7 Å². The Kier molecular flexibility index (Phi) is 4.40. The Morgan fingerprint density at radius 2 is 2.00 bits per heavy atom. The topological polar surface area (TPSA) is 75.4 Å². The quantitative estimate of drug-likeness (QED) is 0.682. The average molecular weight is 240 g/mol. The summed E-state index contributed by atoms with van der Waals surface area (Å²) in [6.07, 6.45) is 7.08. The highest BCUT2D eigenvalue weighted by molar-refractivity contribution is 5.79. The third-order valence-corrected chi connectivity index (χ3v) is 4.32. The van der Waals surface area contributed by atoms with Crippen molar-refractivity contribution in [2.24, 2.45) is 17.6 Å². The summed E-state index contributed by atoms with van der Waals surface area (Å²) in [6.45, 7) is 0.190. The van der Waals surface area contributed by atoms with Gasteiger partial charge < -0.3 is 16.2 Å². The van der Waals surface area contributed by atoms with Crippen LogP contribution in [0.2, 0.25) is 0 Å². The number of hydrogen-bond donors (Lipinski definition) is 3. The van der Waals surface area contributed by atoms with Crippen molar-refractivity contribution in [3.63, 3.8) is 0 Å². The van der Waals surface area contributed by atoms with Gasteiger partial charge in [-0.05, 0) is 32.1 Å². The van der Waals surface area contributed by atoms with Gasteiger partial charge in [0.2, 0.25) is 5.91 Å². The molecule has 0 bridgehead atoms. The lowest BCUT2D eigenvalue weighted by atomic mass is 9.84. The number of carbonyl (C=O) groups excluding carboxylic acids is 1. The first-order valence-corrected chi connectivity index (χ1v) is 6.87. The molecule has 2 rings (SSSR count). The van der Waals surface area contributed by atoms with Crippen LogP contribution >= 0.6 is 0 Å². The van der Waals surface area contributed by atoms with Crippen molar-refractivity contribution in [3.8, 4) is 0 Å². The molecule has 2 aliphatic rings. The number of carbonyl (C=O) groups is 1. The molecule has 0 aromatic heterocycles. The number of nitrogens with one attached hydrogen (secondary N) is 1. The molecule has 0 heterocycles. The van der Waals surface area contributed by atoms with Crippen LogP contribution in [0.3, 0.4) is 0 Å². The van der Waals surface area contributed by atoms with Gasteiger partial charge in [-0.25, -0.2) is 0 Å². The second kappa shape index (κ2) is 5.83. The van der Waals surface area contributed by atoms with E-state index < -0.39 is 0 Å². The smallest absolute Gasteiger partial charge is 0.223 e. The molecule has 4 N–H and O–H groups in total. The first kappa shape index (κ1) is 12.8. The molecule has 98 valence electrons. The normalized spacial score (nSPS) is 38.0. The van der Waals surface area contributed by atoms with Crippen molar-refractivity contribution in [2.45, 2.75) is 57.0 Å². The molecule has 0 aliphatic heterocycles. The van der Waals surface area contributed by atoms with E-state index in [0.29, 0.717) is 0 Å². The maximum atomic E-state index is 12.1. The zero-order chi connectivity index (χ0) is 12.3. The van der Waals surface area contributed by atoms with Crippen LogP contribution in [0.25, 0.3) is 0 Å². The van der Waals surface area contributed by atoms with Gasteiger partial charge >= 0.3 is 0 Å². The largest absolute Gasteiger partial charge is 0.396 e. The van der Waals surface area contributed by atoms with E-state index in [1.54, 1.807) is 0 Å². The van der Waals surface area contributed by atoms with Crippen LogP contribution in [0.15, 0.2) is 0 Å². The number of aliphatic hydroxyl groups excluding tert-OH is 1. The first-order valence-electron chi connectivity index (χ1n) is 6.87. The molecule has 1 amide bonds. The third kappa shape index (κ3) is 3.19. The average Bonchev–Trinajstić information content (AvgIpc) is 2.77. The summed E-state index contributed by atoms with van der Waals surface area (Å²) < 4.78 is 0. The van der Waals surface area contributed by atoms with E-state index in [2.05, 4.69) is 5.32 Å². The van der Waals surface area contributed by atoms with Crippen LogP contribution in [0.4, 0.5) is 0 Å². The molecule has 2 aliphatic carbocycles. The summed E-state index contributed by atoms with van der Waals surface area (Å²) in [6, 6.07) is 0.379. The molecule has 2 fully saturated rings. The number of rotatable bonds is 3. The molecule has 4 unspecified atom stereocenters. The Morgan fingerprint density at radius 3 is 2.65 bits per heavy atom. The monoisotopic (exact) mass is 240 g/mol. The van der Waals surface area contributed by atoms with E-state index >= 15 is 0 Å². The minimum atomic E-state index is 0.103. The van der Waals surface area contributed by atoms with Crippen molar-refractivity contribution in [3.05, 3.63) is 0 Å². The van der Waals surface area contributed by atoms with Gasteiger partial charge in [0.05, 0.1) is 0 Å². The van der Waals surface area contributed by atoms with E-state index in [1.807, 2.05) is 0 Å². The van der Waals surface area contributed by atoms with Crippen molar-refractivity contribution < 1.29 is 9.90 Å². The minimum Gasteiger partial charge on any atom is -0.396 e. The van der Waals surface area contributed by atoms with Crippen LogP contribution in [0.1, 0.15) is 44.9 Å². The van der Waals surface area contributed by atoms with Crippen molar-refractivity contribution in [1.29, 1.82) is 0 Å². The third-order valence-electron chi connectivity index (χ3n) is 4.32. The maximum absolute atomic E-state index is 12.1. The number of aliphatic hydroxyl groups is 1. The van der Waals surface area contributed by atoms with Gasteiger partial charge in [0.15, 0.2) is 0 Å². The summed E-state index contributed by atoms with van der Waals surface area (Å²) in [5.41, 5.74) is 5.83. The summed E-state index contributed by atoms with van der Waals surface area (Å²) in [4.78, 5) is 12.1. The molecule has 0 spiro atoms. The van der Waals surface area contributed by atoms with E-state index in [0.717, 1.165) is 38.5 Å². The summed E-state index contributed by atoms with van der Waals surface area (Å²) >= 11 is 0. The van der Waals surface area contributed by atoms with Gasteiger partial charge in [0.1, 0.15) is 0 Å². The van der Waals surface area contributed by atoms with E-state index in [-0.39, 0.29) is 36.4 Å². The standard InChI is InChI=1S/C13H24N2O2/c14-11-6-5-9(7-11)13(17)15-12-4-2-1-3-10(12)8-16/h9-12,16H,1-8,14H2,(H,15,17). The second-order valence-electron chi connectivity index (χ2n) is 5.61. The van der Waals surface area contributed by atoms with Gasteiger partial charge in [-0.3, -0.25) is 4.79 Å². The van der Waals surface area contributed by atoms with Gasteiger partial charge in [-0.1, -0.05) is 12.8 Å². The lowest BCUT2D eigenvalue weighted by Gasteiger charge is -2.31. The first-order chi connectivity index (χ1) is 8.20. The van der Waals surface area contributed by atoms with Crippen molar-refractivity contribution >= 4 is 5.91 Å². The van der Waals surface area contributed by atoms with Crippen molar-refractivity contribution in [2.75, 3.05) is 6.61 Å². The van der Waals surface area contributed by atoms with Gasteiger partial charge in [-0.2, -0.15) is 0 Å².